The molecule has 29 heavy (non-hydrogen) atoms. The Morgan fingerprint density at radius 3 is 2.55 bits per heavy atom. The van der Waals surface area contributed by atoms with Crippen LogP contribution in [0.4, 0.5) is 5.82 Å². The van der Waals surface area contributed by atoms with Gasteiger partial charge >= 0.3 is 0 Å². The van der Waals surface area contributed by atoms with Crippen LogP contribution >= 0.6 is 11.8 Å². The lowest BCUT2D eigenvalue weighted by Gasteiger charge is -2.25. The number of nitrogens with one attached hydrogen (secondary N) is 1. The molecule has 0 spiro atoms. The molecule has 0 saturated heterocycles. The highest BCUT2D eigenvalue weighted by molar-refractivity contribution is 7.98. The molecule has 1 amide bonds. The third kappa shape index (κ3) is 6.99. The number of hydrogen-bond donors (Lipinski definition) is 1. The minimum Gasteiger partial charge on any atom is -0.350 e. The van der Waals surface area contributed by atoms with E-state index in [0.29, 0.717) is 5.82 Å². The van der Waals surface area contributed by atoms with Crippen LogP contribution in [0.3, 0.4) is 0 Å². The predicted molar refractivity (Wildman–Crippen MR) is 123 cm³/mol. The minimum absolute atomic E-state index is 0.0141. The van der Waals surface area contributed by atoms with E-state index in [1.165, 1.54) is 5.75 Å². The van der Waals surface area contributed by atoms with Crippen molar-refractivity contribution in [2.24, 2.45) is 0 Å². The van der Waals surface area contributed by atoms with Gasteiger partial charge in [0.1, 0.15) is 11.5 Å². The average molecular weight is 416 g/mol. The van der Waals surface area contributed by atoms with E-state index in [-0.39, 0.29) is 18.0 Å². The molecule has 0 fully saturated rings. The Kier molecular flexibility index (Phi) is 8.44. The Hall–Kier alpha value is -2.15. The lowest BCUT2D eigenvalue weighted by Crippen LogP contribution is -2.45. The first-order chi connectivity index (χ1) is 13.7. The second kappa shape index (κ2) is 10.6. The Morgan fingerprint density at radius 2 is 1.97 bits per heavy atom. The number of carbonyl (C=O) groups is 1. The molecular weight excluding hydrogens is 382 g/mol. The molecular formula is C22H33N5OS. The molecule has 2 aromatic rings. The van der Waals surface area contributed by atoms with E-state index in [4.69, 9.17) is 9.97 Å². The summed E-state index contributed by atoms with van der Waals surface area (Å²) in [5.41, 5.74) is 2.75. The summed E-state index contributed by atoms with van der Waals surface area (Å²) in [6, 6.07) is 5.71. The highest BCUT2D eigenvalue weighted by Gasteiger charge is 2.24. The van der Waals surface area contributed by atoms with Gasteiger partial charge in [-0.05, 0) is 64.2 Å². The van der Waals surface area contributed by atoms with Crippen LogP contribution in [0.1, 0.15) is 45.4 Å². The van der Waals surface area contributed by atoms with E-state index in [9.17, 15) is 4.79 Å². The Balaban J connectivity index is 0.000000687. The number of hydrogen-bond acceptors (Lipinski definition) is 6. The fourth-order valence-corrected chi connectivity index (χ4v) is 3.09. The van der Waals surface area contributed by atoms with Gasteiger partial charge < -0.3 is 10.2 Å². The molecule has 0 atom stereocenters. The van der Waals surface area contributed by atoms with E-state index >= 15 is 0 Å². The summed E-state index contributed by atoms with van der Waals surface area (Å²) >= 11 is 1.86. The number of rotatable bonds is 5. The SMILES string of the molecule is CCSC.CN(CC(=O)NC(C)(C)C)c1nc(-c2ccccn2)nc2c1CCC2. The Bertz CT molecular complexity index is 803. The molecule has 0 aromatic carbocycles. The van der Waals surface area contributed by atoms with Crippen LogP contribution in [-0.2, 0) is 17.6 Å². The van der Waals surface area contributed by atoms with E-state index in [1.807, 2.05) is 62.7 Å². The van der Waals surface area contributed by atoms with Gasteiger partial charge in [0, 0.05) is 30.0 Å². The van der Waals surface area contributed by atoms with E-state index in [0.717, 1.165) is 42.0 Å². The molecule has 7 heteroatoms. The van der Waals surface area contributed by atoms with Crippen LogP contribution in [-0.4, -0.2) is 52.0 Å². The van der Waals surface area contributed by atoms with Gasteiger partial charge in [0.05, 0.1) is 6.54 Å². The molecule has 1 aliphatic carbocycles. The first-order valence-electron chi connectivity index (χ1n) is 10.1. The molecule has 0 unspecified atom stereocenters. The number of aromatic nitrogens is 3. The van der Waals surface area contributed by atoms with Crippen LogP contribution in [0.25, 0.3) is 11.5 Å². The van der Waals surface area contributed by atoms with Crippen molar-refractivity contribution < 1.29 is 4.79 Å². The van der Waals surface area contributed by atoms with Crippen molar-refractivity contribution in [1.82, 2.24) is 20.3 Å². The summed E-state index contributed by atoms with van der Waals surface area (Å²) in [5, 5.41) is 3.00. The molecule has 1 aliphatic rings. The molecule has 158 valence electrons. The average Bonchev–Trinajstić information content (AvgIpc) is 3.15. The van der Waals surface area contributed by atoms with Crippen LogP contribution in [0.5, 0.6) is 0 Å². The highest BCUT2D eigenvalue weighted by atomic mass is 32.2. The summed E-state index contributed by atoms with van der Waals surface area (Å²) in [5.74, 6) is 2.69. The molecule has 0 saturated carbocycles. The summed E-state index contributed by atoms with van der Waals surface area (Å²) in [6.07, 6.45) is 6.82. The van der Waals surface area contributed by atoms with E-state index in [2.05, 4.69) is 23.5 Å². The fraction of sp³-hybridized carbons (Fsp3) is 0.545. The van der Waals surface area contributed by atoms with Gasteiger partial charge in [-0.1, -0.05) is 13.0 Å². The van der Waals surface area contributed by atoms with Gasteiger partial charge in [-0.3, -0.25) is 9.78 Å². The topological polar surface area (TPSA) is 71.0 Å². The quantitative estimate of drug-likeness (QED) is 0.802. The number of nitrogens with zero attached hydrogens (tertiary/aromatic N) is 4. The largest absolute Gasteiger partial charge is 0.350 e. The molecule has 3 rings (SSSR count). The summed E-state index contributed by atoms with van der Waals surface area (Å²) in [6.45, 7) is 8.35. The minimum atomic E-state index is -0.245. The monoisotopic (exact) mass is 415 g/mol. The van der Waals surface area contributed by atoms with Crippen LogP contribution in [0.15, 0.2) is 24.4 Å². The van der Waals surface area contributed by atoms with Gasteiger partial charge in [0.25, 0.3) is 0 Å². The second-order valence-electron chi connectivity index (χ2n) is 8.10. The van der Waals surface area contributed by atoms with Gasteiger partial charge in [-0.2, -0.15) is 11.8 Å². The lowest BCUT2D eigenvalue weighted by molar-refractivity contribution is -0.121. The van der Waals surface area contributed by atoms with Crippen LogP contribution in [0, 0.1) is 0 Å². The zero-order valence-electron chi connectivity index (χ0n) is 18.5. The molecule has 2 aromatic heterocycles. The first-order valence-corrected chi connectivity index (χ1v) is 11.5. The smallest absolute Gasteiger partial charge is 0.239 e. The normalized spacial score (nSPS) is 12.6. The van der Waals surface area contributed by atoms with Gasteiger partial charge in [-0.15, -0.1) is 0 Å². The number of amides is 1. The molecule has 6 nitrogen and oxygen atoms in total. The zero-order valence-corrected chi connectivity index (χ0v) is 19.3. The van der Waals surface area contributed by atoms with Crippen LogP contribution < -0.4 is 10.2 Å². The lowest BCUT2D eigenvalue weighted by atomic mass is 10.1. The third-order valence-electron chi connectivity index (χ3n) is 4.35. The predicted octanol–water partition coefficient (Wildman–Crippen LogP) is 3.75. The van der Waals surface area contributed by atoms with Gasteiger partial charge in [0.15, 0.2) is 5.82 Å². The molecule has 0 radical (unpaired) electrons. The number of aryl methyl sites for hydroxylation is 1. The standard InChI is InChI=1S/C19H25N5O.C3H8S/c1-19(2,3)23-16(25)12-24(4)18-13-8-7-10-14(13)21-17(22-18)15-9-5-6-11-20-15;1-3-4-2/h5-6,9,11H,7-8,10,12H2,1-4H3,(H,23,25);3H2,1-2H3. The number of thioether (sulfide) groups is 1. The van der Waals surface area contributed by atoms with Crippen molar-refractivity contribution in [3.05, 3.63) is 35.7 Å². The maximum atomic E-state index is 12.3. The van der Waals surface area contributed by atoms with Crippen molar-refractivity contribution in [3.8, 4) is 11.5 Å². The number of likely N-dealkylation sites (N-methyl/N-ethyl adjacent to an activating group) is 1. The number of pyridine rings is 1. The Labute approximate surface area is 178 Å². The number of fused-ring (bicyclic) bond motifs is 1. The van der Waals surface area contributed by atoms with Crippen molar-refractivity contribution in [1.29, 1.82) is 0 Å². The maximum Gasteiger partial charge on any atom is 0.239 e. The zero-order chi connectivity index (χ0) is 21.4. The summed E-state index contributed by atoms with van der Waals surface area (Å²) < 4.78 is 0. The first kappa shape index (κ1) is 23.1. The molecule has 2 heterocycles. The number of carbonyl (C=O) groups excluding carboxylic acids is 1. The van der Waals surface area contributed by atoms with Crippen molar-refractivity contribution in [2.45, 2.75) is 52.5 Å². The van der Waals surface area contributed by atoms with Crippen molar-refractivity contribution in [3.63, 3.8) is 0 Å². The summed E-state index contributed by atoms with van der Waals surface area (Å²) in [7, 11) is 1.91. The second-order valence-corrected chi connectivity index (χ2v) is 9.25. The van der Waals surface area contributed by atoms with Gasteiger partial charge in [0.2, 0.25) is 5.91 Å². The molecule has 0 aliphatic heterocycles. The van der Waals surface area contributed by atoms with Crippen molar-refractivity contribution >= 4 is 23.5 Å². The number of anilines is 1. The van der Waals surface area contributed by atoms with Gasteiger partial charge in [-0.25, -0.2) is 9.97 Å². The van der Waals surface area contributed by atoms with Crippen molar-refractivity contribution in [2.75, 3.05) is 30.5 Å². The van der Waals surface area contributed by atoms with Crippen LogP contribution in [0.2, 0.25) is 0 Å². The summed E-state index contributed by atoms with van der Waals surface area (Å²) in [4.78, 5) is 28.0. The van der Waals surface area contributed by atoms with E-state index < -0.39 is 0 Å². The van der Waals surface area contributed by atoms with E-state index in [1.54, 1.807) is 6.20 Å². The maximum absolute atomic E-state index is 12.3. The highest BCUT2D eigenvalue weighted by Crippen LogP contribution is 2.30. The fourth-order valence-electron chi connectivity index (χ4n) is 3.09. The third-order valence-corrected chi connectivity index (χ3v) is 4.93. The molecule has 1 N–H and O–H groups in total. The molecule has 0 bridgehead atoms. The Morgan fingerprint density at radius 1 is 1.24 bits per heavy atom.